The van der Waals surface area contributed by atoms with Gasteiger partial charge < -0.3 is 5.32 Å². The van der Waals surface area contributed by atoms with Crippen LogP contribution in [-0.2, 0) is 0 Å². The van der Waals surface area contributed by atoms with Crippen molar-refractivity contribution in [1.29, 1.82) is 0 Å². The number of hydrogen-bond donors (Lipinski definition) is 1. The normalized spacial score (nSPS) is 23.8. The standard InChI is InChI=1S/C15H22FNS/c1-15(2,18-3)10-17-12-8-11(9-12)13-6-4-5-7-14(13)16/h4-7,11-12,17H,8-10H2,1-3H3. The van der Waals surface area contributed by atoms with Crippen LogP contribution in [-0.4, -0.2) is 23.6 Å². The van der Waals surface area contributed by atoms with E-state index in [9.17, 15) is 4.39 Å². The van der Waals surface area contributed by atoms with Gasteiger partial charge in [0.25, 0.3) is 0 Å². The average Bonchev–Trinajstić information content (AvgIpc) is 2.29. The maximum atomic E-state index is 13.6. The van der Waals surface area contributed by atoms with Crippen LogP contribution in [0.1, 0.15) is 38.2 Å². The summed E-state index contributed by atoms with van der Waals surface area (Å²) < 4.78 is 13.9. The Morgan fingerprint density at radius 1 is 1.33 bits per heavy atom. The largest absolute Gasteiger partial charge is 0.313 e. The molecule has 18 heavy (non-hydrogen) atoms. The van der Waals surface area contributed by atoms with E-state index in [1.807, 2.05) is 23.9 Å². The molecule has 1 N–H and O–H groups in total. The molecule has 1 aliphatic rings. The van der Waals surface area contributed by atoms with Crippen molar-refractivity contribution in [3.63, 3.8) is 0 Å². The summed E-state index contributed by atoms with van der Waals surface area (Å²) in [6.07, 6.45) is 4.27. The smallest absolute Gasteiger partial charge is 0.126 e. The minimum absolute atomic E-state index is 0.0506. The third-order valence-electron chi connectivity index (χ3n) is 3.85. The molecular formula is C15H22FNS. The maximum absolute atomic E-state index is 13.6. The van der Waals surface area contributed by atoms with E-state index in [1.54, 1.807) is 12.1 Å². The predicted molar refractivity (Wildman–Crippen MR) is 77.8 cm³/mol. The van der Waals surface area contributed by atoms with Crippen molar-refractivity contribution in [2.45, 2.75) is 43.4 Å². The van der Waals surface area contributed by atoms with Gasteiger partial charge in [-0.3, -0.25) is 0 Å². The van der Waals surface area contributed by atoms with Crippen molar-refractivity contribution >= 4 is 11.8 Å². The number of benzene rings is 1. The molecule has 1 saturated carbocycles. The molecule has 0 amide bonds. The summed E-state index contributed by atoms with van der Waals surface area (Å²) in [4.78, 5) is 0. The van der Waals surface area contributed by atoms with Crippen LogP contribution in [0.15, 0.2) is 24.3 Å². The summed E-state index contributed by atoms with van der Waals surface area (Å²) in [7, 11) is 0. The summed E-state index contributed by atoms with van der Waals surface area (Å²) in [6, 6.07) is 7.72. The van der Waals surface area contributed by atoms with Gasteiger partial charge in [-0.15, -0.1) is 0 Å². The van der Waals surface area contributed by atoms with E-state index < -0.39 is 0 Å². The summed E-state index contributed by atoms with van der Waals surface area (Å²) in [5.41, 5.74) is 0.889. The monoisotopic (exact) mass is 267 g/mol. The second-order valence-corrected chi connectivity index (χ2v) is 7.24. The van der Waals surface area contributed by atoms with Gasteiger partial charge in [-0.05, 0) is 50.5 Å². The van der Waals surface area contributed by atoms with Crippen LogP contribution in [0.4, 0.5) is 4.39 Å². The number of nitrogens with one attached hydrogen (secondary N) is 1. The van der Waals surface area contributed by atoms with Crippen LogP contribution in [0.3, 0.4) is 0 Å². The summed E-state index contributed by atoms with van der Waals surface area (Å²) in [5.74, 6) is 0.353. The number of thioether (sulfide) groups is 1. The van der Waals surface area contributed by atoms with Gasteiger partial charge in [0.1, 0.15) is 5.82 Å². The number of rotatable bonds is 5. The van der Waals surface area contributed by atoms with Gasteiger partial charge >= 0.3 is 0 Å². The molecule has 1 fully saturated rings. The van der Waals surface area contributed by atoms with E-state index in [1.165, 1.54) is 0 Å². The van der Waals surface area contributed by atoms with Gasteiger partial charge in [0.2, 0.25) is 0 Å². The second kappa shape index (κ2) is 5.62. The fourth-order valence-corrected chi connectivity index (χ4v) is 2.53. The molecule has 0 radical (unpaired) electrons. The molecule has 0 saturated heterocycles. The van der Waals surface area contributed by atoms with Crippen LogP contribution < -0.4 is 5.32 Å². The number of halogens is 1. The quantitative estimate of drug-likeness (QED) is 0.871. The van der Waals surface area contributed by atoms with Crippen LogP contribution in [0.5, 0.6) is 0 Å². The third kappa shape index (κ3) is 3.27. The van der Waals surface area contributed by atoms with Gasteiger partial charge in [0.05, 0.1) is 0 Å². The molecule has 3 heteroatoms. The molecule has 1 nitrogen and oxygen atoms in total. The van der Waals surface area contributed by atoms with Gasteiger partial charge in [-0.2, -0.15) is 11.8 Å². The van der Waals surface area contributed by atoms with Crippen molar-refractivity contribution in [1.82, 2.24) is 5.32 Å². The predicted octanol–water partition coefficient (Wildman–Crippen LogP) is 3.80. The van der Waals surface area contributed by atoms with Crippen LogP contribution in [0.2, 0.25) is 0 Å². The molecule has 0 atom stereocenters. The molecule has 0 spiro atoms. The highest BCUT2D eigenvalue weighted by Gasteiger charge is 2.32. The molecule has 0 unspecified atom stereocenters. The zero-order valence-corrected chi connectivity index (χ0v) is 12.2. The summed E-state index contributed by atoms with van der Waals surface area (Å²) in [6.45, 7) is 5.51. The molecule has 2 rings (SSSR count). The minimum atomic E-state index is -0.0506. The van der Waals surface area contributed by atoms with Crippen LogP contribution >= 0.6 is 11.8 Å². The Morgan fingerprint density at radius 2 is 2.00 bits per heavy atom. The lowest BCUT2D eigenvalue weighted by molar-refractivity contribution is 0.280. The van der Waals surface area contributed by atoms with E-state index >= 15 is 0 Å². The molecule has 0 aromatic heterocycles. The van der Waals surface area contributed by atoms with Crippen molar-refractivity contribution in [2.24, 2.45) is 0 Å². The third-order valence-corrected chi connectivity index (χ3v) is 5.10. The Labute approximate surface area is 114 Å². The Bertz CT molecular complexity index is 399. The summed E-state index contributed by atoms with van der Waals surface area (Å²) >= 11 is 1.88. The fraction of sp³-hybridized carbons (Fsp3) is 0.600. The molecule has 1 aromatic rings. The molecule has 0 aliphatic heterocycles. The second-order valence-electron chi connectivity index (χ2n) is 5.73. The van der Waals surface area contributed by atoms with Crippen LogP contribution in [0.25, 0.3) is 0 Å². The lowest BCUT2D eigenvalue weighted by Crippen LogP contribution is -2.45. The summed E-state index contributed by atoms with van der Waals surface area (Å²) in [5, 5.41) is 3.59. The molecule has 1 aromatic carbocycles. The first-order chi connectivity index (χ1) is 8.52. The first-order valence-corrected chi connectivity index (χ1v) is 7.77. The number of hydrogen-bond acceptors (Lipinski definition) is 2. The van der Waals surface area contributed by atoms with E-state index in [0.717, 1.165) is 24.9 Å². The van der Waals surface area contributed by atoms with E-state index in [4.69, 9.17) is 0 Å². The zero-order chi connectivity index (χ0) is 13.2. The lowest BCUT2D eigenvalue weighted by Gasteiger charge is -2.38. The molecule has 0 bridgehead atoms. The first kappa shape index (κ1) is 13.9. The van der Waals surface area contributed by atoms with Gasteiger partial charge in [0.15, 0.2) is 0 Å². The van der Waals surface area contributed by atoms with Crippen molar-refractivity contribution in [3.8, 4) is 0 Å². The zero-order valence-electron chi connectivity index (χ0n) is 11.4. The van der Waals surface area contributed by atoms with E-state index in [2.05, 4.69) is 25.4 Å². The Hall–Kier alpha value is -0.540. The Balaban J connectivity index is 1.79. The highest BCUT2D eigenvalue weighted by molar-refractivity contribution is 7.99. The molecule has 0 heterocycles. The minimum Gasteiger partial charge on any atom is -0.313 e. The Kier molecular flexibility index (Phi) is 4.33. The SMILES string of the molecule is CSC(C)(C)CNC1CC(c2ccccc2F)C1. The molecule has 100 valence electrons. The van der Waals surface area contributed by atoms with Gasteiger partial charge in [0, 0.05) is 17.3 Å². The highest BCUT2D eigenvalue weighted by Crippen LogP contribution is 2.38. The average molecular weight is 267 g/mol. The molecule has 1 aliphatic carbocycles. The van der Waals surface area contributed by atoms with Gasteiger partial charge in [-0.25, -0.2) is 4.39 Å². The van der Waals surface area contributed by atoms with E-state index in [-0.39, 0.29) is 10.6 Å². The molecular weight excluding hydrogens is 245 g/mol. The van der Waals surface area contributed by atoms with E-state index in [0.29, 0.717) is 12.0 Å². The lowest BCUT2D eigenvalue weighted by atomic mass is 9.75. The first-order valence-electron chi connectivity index (χ1n) is 6.55. The highest BCUT2D eigenvalue weighted by atomic mass is 32.2. The van der Waals surface area contributed by atoms with Crippen molar-refractivity contribution in [2.75, 3.05) is 12.8 Å². The Morgan fingerprint density at radius 3 is 2.61 bits per heavy atom. The van der Waals surface area contributed by atoms with Gasteiger partial charge in [-0.1, -0.05) is 18.2 Å². The van der Waals surface area contributed by atoms with Crippen molar-refractivity contribution in [3.05, 3.63) is 35.6 Å². The topological polar surface area (TPSA) is 12.0 Å². The fourth-order valence-electron chi connectivity index (χ4n) is 2.31. The van der Waals surface area contributed by atoms with Crippen molar-refractivity contribution < 1.29 is 4.39 Å². The van der Waals surface area contributed by atoms with Crippen LogP contribution in [0, 0.1) is 5.82 Å². The maximum Gasteiger partial charge on any atom is 0.126 e.